The Labute approximate surface area is 158 Å². The van der Waals surface area contributed by atoms with E-state index in [9.17, 15) is 18.4 Å². The molecule has 2 aliphatic heterocycles. The SMILES string of the molecule is CCOC(=O)c1c2n(c3cc(N4CCOCC4)c(F)cc3c1=O)C(CF)S2. The normalized spacial score (nSPS) is 18.9. The number of anilines is 1. The van der Waals surface area contributed by atoms with Gasteiger partial charge in [0.15, 0.2) is 0 Å². The predicted molar refractivity (Wildman–Crippen MR) is 98.0 cm³/mol. The number of aromatic nitrogens is 1. The molecule has 0 N–H and O–H groups in total. The number of halogens is 2. The van der Waals surface area contributed by atoms with Gasteiger partial charge in [-0.05, 0) is 19.1 Å². The number of ether oxygens (including phenoxy) is 2. The zero-order valence-electron chi connectivity index (χ0n) is 14.7. The molecule has 0 radical (unpaired) electrons. The van der Waals surface area contributed by atoms with Crippen LogP contribution < -0.4 is 10.3 Å². The fraction of sp³-hybridized carbons (Fsp3) is 0.444. The van der Waals surface area contributed by atoms with Gasteiger partial charge < -0.3 is 18.9 Å². The molecule has 1 fully saturated rings. The lowest BCUT2D eigenvalue weighted by Crippen LogP contribution is -2.37. The van der Waals surface area contributed by atoms with Crippen molar-refractivity contribution in [1.29, 1.82) is 0 Å². The molecular weight excluding hydrogens is 378 g/mol. The van der Waals surface area contributed by atoms with Crippen molar-refractivity contribution in [3.05, 3.63) is 33.7 Å². The number of fused-ring (bicyclic) bond motifs is 3. The number of hydrogen-bond donors (Lipinski definition) is 0. The topological polar surface area (TPSA) is 60.8 Å². The molecule has 0 amide bonds. The Morgan fingerprint density at radius 2 is 2.11 bits per heavy atom. The summed E-state index contributed by atoms with van der Waals surface area (Å²) in [6, 6.07) is 2.70. The summed E-state index contributed by atoms with van der Waals surface area (Å²) >= 11 is 1.11. The molecule has 9 heteroatoms. The van der Waals surface area contributed by atoms with E-state index in [4.69, 9.17) is 9.47 Å². The molecule has 144 valence electrons. The second kappa shape index (κ2) is 7.12. The third-order valence-corrected chi connectivity index (χ3v) is 5.96. The maximum Gasteiger partial charge on any atom is 0.344 e. The number of pyridine rings is 1. The van der Waals surface area contributed by atoms with Crippen LogP contribution in [0, 0.1) is 5.82 Å². The number of morpholine rings is 1. The first kappa shape index (κ1) is 18.2. The highest BCUT2D eigenvalue weighted by Crippen LogP contribution is 2.47. The van der Waals surface area contributed by atoms with E-state index in [1.165, 1.54) is 0 Å². The second-order valence-corrected chi connectivity index (χ2v) is 7.41. The van der Waals surface area contributed by atoms with Crippen molar-refractivity contribution in [2.75, 3.05) is 44.5 Å². The smallest absolute Gasteiger partial charge is 0.344 e. The first-order chi connectivity index (χ1) is 13.1. The summed E-state index contributed by atoms with van der Waals surface area (Å²) in [6.07, 6.45) is 0. The van der Waals surface area contributed by atoms with E-state index < -0.39 is 29.3 Å². The van der Waals surface area contributed by atoms with Crippen molar-refractivity contribution in [3.63, 3.8) is 0 Å². The highest BCUT2D eigenvalue weighted by molar-refractivity contribution is 8.00. The van der Waals surface area contributed by atoms with Gasteiger partial charge >= 0.3 is 5.97 Å². The lowest BCUT2D eigenvalue weighted by molar-refractivity contribution is 0.0518. The Bertz CT molecular complexity index is 972. The molecule has 0 saturated carbocycles. The Balaban J connectivity index is 1.94. The molecule has 1 atom stereocenters. The van der Waals surface area contributed by atoms with Crippen LogP contribution in [0.25, 0.3) is 10.9 Å². The number of benzene rings is 1. The fourth-order valence-corrected chi connectivity index (χ4v) is 4.58. The highest BCUT2D eigenvalue weighted by atomic mass is 32.2. The minimum atomic E-state index is -0.768. The Morgan fingerprint density at radius 3 is 2.78 bits per heavy atom. The van der Waals surface area contributed by atoms with Crippen molar-refractivity contribution >= 4 is 34.3 Å². The Hall–Kier alpha value is -2.13. The van der Waals surface area contributed by atoms with Gasteiger partial charge in [-0.1, -0.05) is 11.8 Å². The Morgan fingerprint density at radius 1 is 1.37 bits per heavy atom. The van der Waals surface area contributed by atoms with Crippen molar-refractivity contribution in [2.45, 2.75) is 17.3 Å². The van der Waals surface area contributed by atoms with Gasteiger partial charge in [-0.2, -0.15) is 0 Å². The molecule has 3 heterocycles. The van der Waals surface area contributed by atoms with Crippen LogP contribution in [0.5, 0.6) is 0 Å². The minimum Gasteiger partial charge on any atom is -0.462 e. The van der Waals surface area contributed by atoms with E-state index in [2.05, 4.69) is 0 Å². The van der Waals surface area contributed by atoms with Crippen molar-refractivity contribution in [2.24, 2.45) is 0 Å². The van der Waals surface area contributed by atoms with Crippen LogP contribution in [0.1, 0.15) is 22.7 Å². The van der Waals surface area contributed by atoms with Gasteiger partial charge in [0.2, 0.25) is 5.43 Å². The molecule has 1 saturated heterocycles. The lowest BCUT2D eigenvalue weighted by atomic mass is 10.1. The van der Waals surface area contributed by atoms with Gasteiger partial charge in [0.05, 0.1) is 36.1 Å². The largest absolute Gasteiger partial charge is 0.462 e. The van der Waals surface area contributed by atoms with Crippen LogP contribution in [-0.2, 0) is 9.47 Å². The summed E-state index contributed by atoms with van der Waals surface area (Å²) in [5.74, 6) is -1.32. The molecule has 6 nitrogen and oxygen atoms in total. The van der Waals surface area contributed by atoms with E-state index in [1.807, 2.05) is 4.90 Å². The van der Waals surface area contributed by atoms with Crippen molar-refractivity contribution < 1.29 is 23.0 Å². The monoisotopic (exact) mass is 396 g/mol. The molecule has 1 aromatic carbocycles. The number of carbonyl (C=O) groups is 1. The van der Waals surface area contributed by atoms with Crippen LogP contribution in [0.2, 0.25) is 0 Å². The summed E-state index contributed by atoms with van der Waals surface area (Å²) in [5.41, 5.74) is 0.0233. The number of esters is 1. The fourth-order valence-electron chi connectivity index (χ4n) is 3.46. The zero-order chi connectivity index (χ0) is 19.1. The molecule has 0 aliphatic carbocycles. The molecule has 2 aromatic rings. The molecule has 2 aliphatic rings. The predicted octanol–water partition coefficient (Wildman–Crippen LogP) is 2.73. The van der Waals surface area contributed by atoms with Gasteiger partial charge in [-0.15, -0.1) is 0 Å². The van der Waals surface area contributed by atoms with E-state index in [-0.39, 0.29) is 17.6 Å². The van der Waals surface area contributed by atoms with Gasteiger partial charge in [0.1, 0.15) is 23.4 Å². The molecular formula is C18H18F2N2O4S. The number of nitrogens with zero attached hydrogens (tertiary/aromatic N) is 2. The molecule has 1 aromatic heterocycles. The van der Waals surface area contributed by atoms with Crippen LogP contribution in [0.15, 0.2) is 22.0 Å². The number of rotatable bonds is 4. The van der Waals surface area contributed by atoms with Gasteiger partial charge in [-0.25, -0.2) is 13.6 Å². The average molecular weight is 396 g/mol. The summed E-state index contributed by atoms with van der Waals surface area (Å²) in [6.45, 7) is 3.11. The number of thioether (sulfide) groups is 1. The highest BCUT2D eigenvalue weighted by Gasteiger charge is 2.36. The van der Waals surface area contributed by atoms with Crippen LogP contribution in [0.3, 0.4) is 0 Å². The van der Waals surface area contributed by atoms with Crippen molar-refractivity contribution in [1.82, 2.24) is 4.57 Å². The van der Waals surface area contributed by atoms with E-state index in [0.717, 1.165) is 17.8 Å². The molecule has 27 heavy (non-hydrogen) atoms. The molecule has 0 bridgehead atoms. The summed E-state index contributed by atoms with van der Waals surface area (Å²) < 4.78 is 40.1. The quantitative estimate of drug-likeness (QED) is 0.741. The maximum absolute atomic E-state index is 14.8. The molecule has 0 spiro atoms. The van der Waals surface area contributed by atoms with Crippen LogP contribution in [-0.4, -0.2) is 50.1 Å². The standard InChI is InChI=1S/C18H18F2N2O4S/c1-2-26-18(24)15-16(23)10-7-11(20)13(21-3-5-25-6-4-21)8-12(10)22-14(9-19)27-17(15)22/h7-8,14H,2-6,9H2,1H3. The minimum absolute atomic E-state index is 0.0510. The van der Waals surface area contributed by atoms with Crippen LogP contribution >= 0.6 is 11.8 Å². The summed E-state index contributed by atoms with van der Waals surface area (Å²) in [4.78, 5) is 27.0. The molecule has 4 rings (SSSR count). The van der Waals surface area contributed by atoms with Crippen LogP contribution in [0.4, 0.5) is 14.5 Å². The van der Waals surface area contributed by atoms with E-state index >= 15 is 0 Å². The zero-order valence-corrected chi connectivity index (χ0v) is 15.5. The number of hydrogen-bond acceptors (Lipinski definition) is 6. The van der Waals surface area contributed by atoms with Crippen molar-refractivity contribution in [3.8, 4) is 0 Å². The molecule has 1 unspecified atom stereocenters. The third kappa shape index (κ3) is 2.89. The number of carbonyl (C=O) groups excluding carboxylic acids is 1. The van der Waals surface area contributed by atoms with E-state index in [0.29, 0.717) is 42.5 Å². The van der Waals surface area contributed by atoms with Gasteiger partial charge in [-0.3, -0.25) is 4.79 Å². The summed E-state index contributed by atoms with van der Waals surface area (Å²) in [5, 5.41) is -0.137. The average Bonchev–Trinajstić information content (AvgIpc) is 2.65. The van der Waals surface area contributed by atoms with E-state index in [1.54, 1.807) is 17.6 Å². The summed E-state index contributed by atoms with van der Waals surface area (Å²) in [7, 11) is 0. The third-order valence-electron chi connectivity index (χ3n) is 4.73. The first-order valence-corrected chi connectivity index (χ1v) is 9.59. The van der Waals surface area contributed by atoms with Gasteiger partial charge in [0.25, 0.3) is 0 Å². The number of alkyl halides is 1. The first-order valence-electron chi connectivity index (χ1n) is 8.71. The maximum atomic E-state index is 14.8. The second-order valence-electron chi connectivity index (χ2n) is 6.25. The lowest BCUT2D eigenvalue weighted by Gasteiger charge is -2.34. The van der Waals surface area contributed by atoms with Gasteiger partial charge in [0, 0.05) is 18.5 Å². The Kier molecular flexibility index (Phi) is 4.81.